The van der Waals surface area contributed by atoms with E-state index < -0.39 is 0 Å². The predicted molar refractivity (Wildman–Crippen MR) is 125 cm³/mol. The van der Waals surface area contributed by atoms with Crippen LogP contribution in [-0.2, 0) is 6.54 Å². The summed E-state index contributed by atoms with van der Waals surface area (Å²) in [6, 6.07) is 22.7. The lowest BCUT2D eigenvalue weighted by molar-refractivity contribution is 0.0785. The van der Waals surface area contributed by atoms with Crippen LogP contribution in [0.5, 0.6) is 5.75 Å². The van der Waals surface area contributed by atoms with Crippen LogP contribution in [0.1, 0.15) is 25.6 Å². The zero-order valence-electron chi connectivity index (χ0n) is 17.3. The van der Waals surface area contributed by atoms with Gasteiger partial charge in [0.15, 0.2) is 0 Å². The van der Waals surface area contributed by atoms with Gasteiger partial charge in [-0.2, -0.15) is 0 Å². The van der Waals surface area contributed by atoms with Crippen molar-refractivity contribution in [2.45, 2.75) is 6.54 Å². The first-order chi connectivity index (χ1) is 15.0. The van der Waals surface area contributed by atoms with Gasteiger partial charge in [-0.05, 0) is 70.2 Å². The van der Waals surface area contributed by atoms with Gasteiger partial charge in [0.05, 0.1) is 12.0 Å². The number of hydrogen-bond acceptors (Lipinski definition) is 4. The Morgan fingerprint density at radius 2 is 1.71 bits per heavy atom. The number of nitrogens with one attached hydrogen (secondary N) is 1. The van der Waals surface area contributed by atoms with Crippen LogP contribution < -0.4 is 10.1 Å². The molecular formula is C25H22N2O3S. The lowest BCUT2D eigenvalue weighted by Gasteiger charge is -2.18. The molecule has 1 aromatic heterocycles. The fourth-order valence-electron chi connectivity index (χ4n) is 3.36. The standard InChI is InChI=1S/C25H22N2O3S/c1-27(16-17-5-6-20-15-22(30-2)12-9-19(20)14-17)25(29)18-7-10-21(11-8-18)26-24(28)23-4-3-13-31-23/h3-15H,16H2,1-2H3,(H,26,28). The fourth-order valence-corrected chi connectivity index (χ4v) is 3.98. The van der Waals surface area contributed by atoms with Gasteiger partial charge >= 0.3 is 0 Å². The van der Waals surface area contributed by atoms with Crippen LogP contribution in [0.4, 0.5) is 5.69 Å². The second kappa shape index (κ2) is 9.02. The van der Waals surface area contributed by atoms with Crippen molar-refractivity contribution in [1.82, 2.24) is 4.90 Å². The maximum atomic E-state index is 12.8. The number of fused-ring (bicyclic) bond motifs is 1. The smallest absolute Gasteiger partial charge is 0.265 e. The molecule has 4 aromatic rings. The number of thiophene rings is 1. The SMILES string of the molecule is COc1ccc2cc(CN(C)C(=O)c3ccc(NC(=O)c4cccs4)cc3)ccc2c1. The second-order valence-corrected chi connectivity index (χ2v) is 8.17. The van der Waals surface area contributed by atoms with E-state index in [-0.39, 0.29) is 11.8 Å². The zero-order valence-corrected chi connectivity index (χ0v) is 18.1. The average molecular weight is 431 g/mol. The van der Waals surface area contributed by atoms with E-state index in [0.717, 1.165) is 22.1 Å². The fraction of sp³-hybridized carbons (Fsp3) is 0.120. The lowest BCUT2D eigenvalue weighted by atomic mass is 10.1. The number of ether oxygens (including phenoxy) is 1. The monoisotopic (exact) mass is 430 g/mol. The van der Waals surface area contributed by atoms with E-state index in [9.17, 15) is 9.59 Å². The molecule has 0 unspecified atom stereocenters. The molecule has 1 heterocycles. The van der Waals surface area contributed by atoms with Crippen molar-refractivity contribution in [1.29, 1.82) is 0 Å². The summed E-state index contributed by atoms with van der Waals surface area (Å²) in [5.74, 6) is 0.591. The molecule has 2 amide bonds. The van der Waals surface area contributed by atoms with Gasteiger partial charge < -0.3 is 15.0 Å². The van der Waals surface area contributed by atoms with Gasteiger partial charge in [0.1, 0.15) is 5.75 Å². The van der Waals surface area contributed by atoms with Gasteiger partial charge in [0.25, 0.3) is 11.8 Å². The van der Waals surface area contributed by atoms with Crippen LogP contribution in [0.25, 0.3) is 10.8 Å². The Kier molecular flexibility index (Phi) is 6.00. The highest BCUT2D eigenvalue weighted by atomic mass is 32.1. The highest BCUT2D eigenvalue weighted by molar-refractivity contribution is 7.12. The third-order valence-electron chi connectivity index (χ3n) is 5.01. The average Bonchev–Trinajstić information content (AvgIpc) is 3.34. The third kappa shape index (κ3) is 4.75. The molecule has 0 atom stereocenters. The molecule has 31 heavy (non-hydrogen) atoms. The number of carbonyl (C=O) groups excluding carboxylic acids is 2. The molecule has 156 valence electrons. The Morgan fingerprint density at radius 1 is 0.968 bits per heavy atom. The summed E-state index contributed by atoms with van der Waals surface area (Å²) in [5, 5.41) is 6.90. The molecule has 0 fully saturated rings. The molecule has 0 bridgehead atoms. The number of benzene rings is 3. The molecule has 3 aromatic carbocycles. The minimum absolute atomic E-state index is 0.0778. The van der Waals surface area contributed by atoms with Crippen molar-refractivity contribution >= 4 is 39.6 Å². The van der Waals surface area contributed by atoms with Gasteiger partial charge in [0.2, 0.25) is 0 Å². The highest BCUT2D eigenvalue weighted by Gasteiger charge is 2.13. The van der Waals surface area contributed by atoms with Crippen molar-refractivity contribution in [3.05, 3.63) is 94.2 Å². The first-order valence-corrected chi connectivity index (χ1v) is 10.7. The van der Waals surface area contributed by atoms with E-state index in [1.807, 2.05) is 41.8 Å². The van der Waals surface area contributed by atoms with Gasteiger partial charge in [-0.3, -0.25) is 9.59 Å². The number of amides is 2. The van der Waals surface area contributed by atoms with E-state index in [2.05, 4.69) is 11.4 Å². The van der Waals surface area contributed by atoms with Crippen LogP contribution in [0.15, 0.2) is 78.2 Å². The largest absolute Gasteiger partial charge is 0.497 e. The quantitative estimate of drug-likeness (QED) is 0.443. The number of nitrogens with zero attached hydrogens (tertiary/aromatic N) is 1. The Morgan fingerprint density at radius 3 is 2.42 bits per heavy atom. The normalized spacial score (nSPS) is 10.6. The molecule has 0 aliphatic heterocycles. The molecule has 0 saturated carbocycles. The van der Waals surface area contributed by atoms with E-state index in [1.54, 1.807) is 49.4 Å². The second-order valence-electron chi connectivity index (χ2n) is 7.22. The molecule has 1 N–H and O–H groups in total. The molecule has 0 spiro atoms. The molecule has 0 radical (unpaired) electrons. The Bertz CT molecular complexity index is 1220. The van der Waals surface area contributed by atoms with Gasteiger partial charge in [-0.25, -0.2) is 0 Å². The minimum Gasteiger partial charge on any atom is -0.497 e. The summed E-state index contributed by atoms with van der Waals surface area (Å²) in [6.45, 7) is 0.498. The van der Waals surface area contributed by atoms with Crippen molar-refractivity contribution < 1.29 is 14.3 Å². The molecule has 0 aliphatic rings. The maximum absolute atomic E-state index is 12.8. The summed E-state index contributed by atoms with van der Waals surface area (Å²) in [4.78, 5) is 27.3. The van der Waals surface area contributed by atoms with Gasteiger partial charge in [-0.1, -0.05) is 24.3 Å². The van der Waals surface area contributed by atoms with Gasteiger partial charge in [-0.15, -0.1) is 11.3 Å². The van der Waals surface area contributed by atoms with Crippen LogP contribution in [-0.4, -0.2) is 30.9 Å². The summed E-state index contributed by atoms with van der Waals surface area (Å²) >= 11 is 1.39. The number of methoxy groups -OCH3 is 1. The summed E-state index contributed by atoms with van der Waals surface area (Å²) in [6.07, 6.45) is 0. The maximum Gasteiger partial charge on any atom is 0.265 e. The lowest BCUT2D eigenvalue weighted by Crippen LogP contribution is -2.26. The van der Waals surface area contributed by atoms with Crippen molar-refractivity contribution in [2.75, 3.05) is 19.5 Å². The Labute approximate surface area is 184 Å². The topological polar surface area (TPSA) is 58.6 Å². The van der Waals surface area contributed by atoms with Crippen LogP contribution in [0, 0.1) is 0 Å². The number of carbonyl (C=O) groups is 2. The van der Waals surface area contributed by atoms with Crippen molar-refractivity contribution in [3.8, 4) is 5.75 Å². The number of rotatable bonds is 6. The van der Waals surface area contributed by atoms with Crippen LogP contribution in [0.3, 0.4) is 0 Å². The molecule has 4 rings (SSSR count). The van der Waals surface area contributed by atoms with Gasteiger partial charge in [0, 0.05) is 24.8 Å². The van der Waals surface area contributed by atoms with E-state index in [1.165, 1.54) is 11.3 Å². The molecule has 0 saturated heterocycles. The van der Waals surface area contributed by atoms with Crippen LogP contribution >= 0.6 is 11.3 Å². The van der Waals surface area contributed by atoms with E-state index in [4.69, 9.17) is 4.74 Å². The number of hydrogen-bond donors (Lipinski definition) is 1. The number of anilines is 1. The molecule has 6 heteroatoms. The first-order valence-electron chi connectivity index (χ1n) is 9.80. The van der Waals surface area contributed by atoms with E-state index >= 15 is 0 Å². The Hall–Kier alpha value is -3.64. The summed E-state index contributed by atoms with van der Waals surface area (Å²) in [7, 11) is 3.44. The van der Waals surface area contributed by atoms with Crippen molar-refractivity contribution in [2.24, 2.45) is 0 Å². The first kappa shape index (κ1) is 20.6. The van der Waals surface area contributed by atoms with Crippen LogP contribution in [0.2, 0.25) is 0 Å². The highest BCUT2D eigenvalue weighted by Crippen LogP contribution is 2.23. The molecular weight excluding hydrogens is 408 g/mol. The zero-order chi connectivity index (χ0) is 21.8. The molecule has 5 nitrogen and oxygen atoms in total. The third-order valence-corrected chi connectivity index (χ3v) is 5.88. The van der Waals surface area contributed by atoms with E-state index in [0.29, 0.717) is 22.7 Å². The Balaban J connectivity index is 1.41. The minimum atomic E-state index is -0.153. The van der Waals surface area contributed by atoms with Crippen molar-refractivity contribution in [3.63, 3.8) is 0 Å². The predicted octanol–water partition coefficient (Wildman–Crippen LogP) is 5.43. The molecule has 0 aliphatic carbocycles. The summed E-state index contributed by atoms with van der Waals surface area (Å²) < 4.78 is 5.27. The summed E-state index contributed by atoms with van der Waals surface area (Å²) in [5.41, 5.74) is 2.28.